The molecule has 0 bridgehead atoms. The van der Waals surface area contributed by atoms with Gasteiger partial charge in [-0.05, 0) is 49.4 Å². The summed E-state index contributed by atoms with van der Waals surface area (Å²) in [6.45, 7) is 1.32. The number of carbonyl (C=O) groups excluding carboxylic acids is 1. The quantitative estimate of drug-likeness (QED) is 0.898. The average Bonchev–Trinajstić information content (AvgIpc) is 2.63. The first-order valence-electron chi connectivity index (χ1n) is 8.33. The fourth-order valence-corrected chi connectivity index (χ4v) is 3.03. The molecule has 0 unspecified atom stereocenters. The van der Waals surface area contributed by atoms with Gasteiger partial charge in [-0.1, -0.05) is 0 Å². The fourth-order valence-electron chi connectivity index (χ4n) is 3.03. The Morgan fingerprint density at radius 2 is 2.04 bits per heavy atom. The molecule has 1 aromatic heterocycles. The third-order valence-corrected chi connectivity index (χ3v) is 4.34. The molecule has 132 valence electrons. The first kappa shape index (κ1) is 17.1. The molecule has 2 heterocycles. The minimum Gasteiger partial charge on any atom is -0.484 e. The second-order valence-electron chi connectivity index (χ2n) is 6.18. The Balaban J connectivity index is 1.52. The molecular formula is C18H21FN4O2. The van der Waals surface area contributed by atoms with E-state index in [0.29, 0.717) is 30.5 Å². The lowest BCUT2D eigenvalue weighted by Crippen LogP contribution is -2.42. The number of amides is 1. The van der Waals surface area contributed by atoms with Crippen LogP contribution in [-0.4, -0.2) is 40.5 Å². The monoisotopic (exact) mass is 344 g/mol. The largest absolute Gasteiger partial charge is 0.484 e. The first-order valence-corrected chi connectivity index (χ1v) is 8.33. The van der Waals surface area contributed by atoms with E-state index < -0.39 is 0 Å². The van der Waals surface area contributed by atoms with Gasteiger partial charge in [0.05, 0.1) is 5.69 Å². The number of anilines is 1. The minimum atomic E-state index is -0.333. The number of hydrogen-bond donors (Lipinski definition) is 1. The smallest absolute Gasteiger partial charge is 0.260 e. The maximum atomic E-state index is 12.9. The Labute approximate surface area is 145 Å². The predicted octanol–water partition coefficient (Wildman–Crippen LogP) is 2.06. The second kappa shape index (κ2) is 7.92. The van der Waals surface area contributed by atoms with Gasteiger partial charge in [0.25, 0.3) is 5.91 Å². The summed E-state index contributed by atoms with van der Waals surface area (Å²) in [4.78, 5) is 22.5. The van der Waals surface area contributed by atoms with Crippen LogP contribution in [0, 0.1) is 11.7 Å². The molecule has 1 saturated heterocycles. The summed E-state index contributed by atoms with van der Waals surface area (Å²) >= 11 is 0. The topological polar surface area (TPSA) is 81.3 Å². The van der Waals surface area contributed by atoms with Crippen LogP contribution < -0.4 is 10.5 Å². The van der Waals surface area contributed by atoms with E-state index in [1.807, 2.05) is 4.90 Å². The predicted molar refractivity (Wildman–Crippen MR) is 91.3 cm³/mol. The lowest BCUT2D eigenvalue weighted by atomic mass is 9.93. The van der Waals surface area contributed by atoms with E-state index in [2.05, 4.69) is 9.97 Å². The van der Waals surface area contributed by atoms with E-state index in [-0.39, 0.29) is 18.3 Å². The minimum absolute atomic E-state index is 0.0500. The maximum Gasteiger partial charge on any atom is 0.260 e. The molecule has 0 saturated carbocycles. The number of piperidine rings is 1. The molecule has 0 radical (unpaired) electrons. The van der Waals surface area contributed by atoms with Crippen LogP contribution in [0.4, 0.5) is 10.2 Å². The standard InChI is InChI=1S/C18H21FN4O2/c19-14-3-5-15(6-4-14)25-12-17(24)23-9-1-2-13(11-23)10-16-18(20)22-8-7-21-16/h3-8,13H,1-2,9-12H2,(H2,20,22)/t13-/m1/s1. The van der Waals surface area contributed by atoms with Gasteiger partial charge in [-0.3, -0.25) is 9.78 Å². The highest BCUT2D eigenvalue weighted by atomic mass is 19.1. The number of halogens is 1. The Morgan fingerprint density at radius 1 is 1.28 bits per heavy atom. The van der Waals surface area contributed by atoms with Crippen LogP contribution in [0.3, 0.4) is 0 Å². The van der Waals surface area contributed by atoms with E-state index >= 15 is 0 Å². The number of nitrogen functional groups attached to an aromatic ring is 1. The molecule has 25 heavy (non-hydrogen) atoms. The van der Waals surface area contributed by atoms with Crippen LogP contribution in [0.15, 0.2) is 36.7 Å². The SMILES string of the molecule is Nc1nccnc1C[C@H]1CCCN(C(=O)COc2ccc(F)cc2)C1. The zero-order chi connectivity index (χ0) is 17.6. The van der Waals surface area contributed by atoms with Crippen LogP contribution in [0.1, 0.15) is 18.5 Å². The third kappa shape index (κ3) is 4.65. The van der Waals surface area contributed by atoms with Crippen LogP contribution in [-0.2, 0) is 11.2 Å². The first-order chi connectivity index (χ1) is 12.1. The van der Waals surface area contributed by atoms with Crippen LogP contribution in [0.2, 0.25) is 0 Å². The highest BCUT2D eigenvalue weighted by Gasteiger charge is 2.25. The van der Waals surface area contributed by atoms with E-state index in [1.54, 1.807) is 12.4 Å². The number of rotatable bonds is 5. The molecule has 1 aliphatic heterocycles. The normalized spacial score (nSPS) is 17.3. The van der Waals surface area contributed by atoms with Crippen LogP contribution in [0.25, 0.3) is 0 Å². The van der Waals surface area contributed by atoms with Gasteiger partial charge >= 0.3 is 0 Å². The number of benzene rings is 1. The van der Waals surface area contributed by atoms with Crippen molar-refractivity contribution < 1.29 is 13.9 Å². The third-order valence-electron chi connectivity index (χ3n) is 4.34. The highest BCUT2D eigenvalue weighted by Crippen LogP contribution is 2.22. The zero-order valence-corrected chi connectivity index (χ0v) is 13.9. The van der Waals surface area contributed by atoms with E-state index in [0.717, 1.165) is 25.1 Å². The van der Waals surface area contributed by atoms with Crippen molar-refractivity contribution in [3.05, 3.63) is 48.2 Å². The summed E-state index contributed by atoms with van der Waals surface area (Å²) in [5.41, 5.74) is 6.64. The number of nitrogens with two attached hydrogens (primary N) is 1. The van der Waals surface area contributed by atoms with Crippen molar-refractivity contribution >= 4 is 11.7 Å². The van der Waals surface area contributed by atoms with Gasteiger partial charge in [-0.25, -0.2) is 9.37 Å². The Hall–Kier alpha value is -2.70. The fraction of sp³-hybridized carbons (Fsp3) is 0.389. The van der Waals surface area contributed by atoms with Gasteiger partial charge in [0.1, 0.15) is 17.4 Å². The van der Waals surface area contributed by atoms with Crippen LogP contribution in [0.5, 0.6) is 5.75 Å². The number of hydrogen-bond acceptors (Lipinski definition) is 5. The summed E-state index contributed by atoms with van der Waals surface area (Å²) in [6, 6.07) is 5.64. The molecule has 1 atom stereocenters. The second-order valence-corrected chi connectivity index (χ2v) is 6.18. The van der Waals surface area contributed by atoms with Gasteiger partial charge in [0.2, 0.25) is 0 Å². The number of carbonyl (C=O) groups is 1. The van der Waals surface area contributed by atoms with Gasteiger partial charge in [-0.15, -0.1) is 0 Å². The number of likely N-dealkylation sites (tertiary alicyclic amines) is 1. The lowest BCUT2D eigenvalue weighted by Gasteiger charge is -2.32. The Morgan fingerprint density at radius 3 is 2.80 bits per heavy atom. The summed E-state index contributed by atoms with van der Waals surface area (Å²) in [7, 11) is 0. The van der Waals surface area contributed by atoms with Crippen molar-refractivity contribution in [3.63, 3.8) is 0 Å². The molecule has 2 N–H and O–H groups in total. The van der Waals surface area contributed by atoms with Crippen molar-refractivity contribution in [2.75, 3.05) is 25.4 Å². The van der Waals surface area contributed by atoms with Crippen molar-refractivity contribution in [2.24, 2.45) is 5.92 Å². The van der Waals surface area contributed by atoms with E-state index in [4.69, 9.17) is 10.5 Å². The van der Waals surface area contributed by atoms with E-state index in [9.17, 15) is 9.18 Å². The lowest BCUT2D eigenvalue weighted by molar-refractivity contribution is -0.135. The molecule has 6 nitrogen and oxygen atoms in total. The molecule has 2 aromatic rings. The Bertz CT molecular complexity index is 723. The molecular weight excluding hydrogens is 323 g/mol. The zero-order valence-electron chi connectivity index (χ0n) is 13.9. The van der Waals surface area contributed by atoms with Gasteiger partial charge in [-0.2, -0.15) is 0 Å². The molecule has 7 heteroatoms. The number of nitrogens with zero attached hydrogens (tertiary/aromatic N) is 3. The van der Waals surface area contributed by atoms with Crippen molar-refractivity contribution in [1.29, 1.82) is 0 Å². The molecule has 0 spiro atoms. The van der Waals surface area contributed by atoms with Gasteiger partial charge in [0, 0.05) is 25.5 Å². The van der Waals surface area contributed by atoms with Gasteiger partial charge in [0.15, 0.2) is 6.61 Å². The van der Waals surface area contributed by atoms with Crippen molar-refractivity contribution in [3.8, 4) is 5.75 Å². The number of aromatic nitrogens is 2. The summed E-state index contributed by atoms with van der Waals surface area (Å²) in [5, 5.41) is 0. The maximum absolute atomic E-state index is 12.9. The average molecular weight is 344 g/mol. The molecule has 1 amide bonds. The van der Waals surface area contributed by atoms with Gasteiger partial charge < -0.3 is 15.4 Å². The molecule has 1 aromatic carbocycles. The highest BCUT2D eigenvalue weighted by molar-refractivity contribution is 5.77. The molecule has 1 fully saturated rings. The molecule has 1 aliphatic rings. The van der Waals surface area contributed by atoms with Crippen molar-refractivity contribution in [1.82, 2.24) is 14.9 Å². The molecule has 0 aliphatic carbocycles. The number of ether oxygens (including phenoxy) is 1. The summed E-state index contributed by atoms with van der Waals surface area (Å²) < 4.78 is 18.3. The summed E-state index contributed by atoms with van der Waals surface area (Å²) in [6.07, 6.45) is 5.88. The summed E-state index contributed by atoms with van der Waals surface area (Å²) in [5.74, 6) is 0.839. The Kier molecular flexibility index (Phi) is 5.42. The van der Waals surface area contributed by atoms with E-state index in [1.165, 1.54) is 24.3 Å². The van der Waals surface area contributed by atoms with Crippen molar-refractivity contribution in [2.45, 2.75) is 19.3 Å². The molecule has 3 rings (SSSR count). The van der Waals surface area contributed by atoms with Crippen LogP contribution >= 0.6 is 0 Å².